The van der Waals surface area contributed by atoms with Crippen LogP contribution in [-0.2, 0) is 11.3 Å². The number of phenolic OH excluding ortho intramolecular Hbond substituents is 2. The van der Waals surface area contributed by atoms with Gasteiger partial charge in [-0.3, -0.25) is 4.79 Å². The molecule has 1 aromatic carbocycles. The van der Waals surface area contributed by atoms with Gasteiger partial charge in [0.2, 0.25) is 5.91 Å². The van der Waals surface area contributed by atoms with Gasteiger partial charge in [0, 0.05) is 25.6 Å². The highest BCUT2D eigenvalue weighted by atomic mass is 16.3. The molecule has 1 amide bonds. The molecular formula is C13H20N2O3. The number of carbonyl (C=O) groups excluding carboxylic acids is 1. The molecule has 18 heavy (non-hydrogen) atoms. The van der Waals surface area contributed by atoms with Crippen molar-refractivity contribution >= 4 is 5.91 Å². The number of phenols is 2. The van der Waals surface area contributed by atoms with E-state index in [4.69, 9.17) is 5.11 Å². The van der Waals surface area contributed by atoms with E-state index in [0.717, 1.165) is 5.56 Å². The average molecular weight is 252 g/mol. The van der Waals surface area contributed by atoms with Crippen LogP contribution in [0.5, 0.6) is 11.5 Å². The van der Waals surface area contributed by atoms with Gasteiger partial charge in [0.15, 0.2) is 11.5 Å². The van der Waals surface area contributed by atoms with Gasteiger partial charge in [0.1, 0.15) is 0 Å². The third-order valence-corrected chi connectivity index (χ3v) is 2.49. The first-order chi connectivity index (χ1) is 8.50. The maximum Gasteiger partial charge on any atom is 0.222 e. The number of nitrogens with one attached hydrogen (secondary N) is 2. The molecule has 0 radical (unpaired) electrons. The van der Waals surface area contributed by atoms with Crippen molar-refractivity contribution in [1.29, 1.82) is 0 Å². The fourth-order valence-corrected chi connectivity index (χ4v) is 1.39. The molecule has 0 fully saturated rings. The fourth-order valence-electron chi connectivity index (χ4n) is 1.39. The molecule has 1 aromatic rings. The Kier molecular flexibility index (Phi) is 5.45. The minimum absolute atomic E-state index is 0.000884. The molecule has 0 saturated heterocycles. The Morgan fingerprint density at radius 2 is 1.94 bits per heavy atom. The highest BCUT2D eigenvalue weighted by molar-refractivity contribution is 5.77. The van der Waals surface area contributed by atoms with Crippen molar-refractivity contribution in [1.82, 2.24) is 10.6 Å². The standard InChI is InChI=1S/C13H20N2O3/c1-9(2)13(18)15-6-5-14-8-10-3-4-11(16)12(17)7-10/h3-4,7,9,14,16-17H,5-6,8H2,1-2H3,(H,15,18). The second kappa shape index (κ2) is 6.86. The van der Waals surface area contributed by atoms with Gasteiger partial charge >= 0.3 is 0 Å². The lowest BCUT2D eigenvalue weighted by Crippen LogP contribution is -2.34. The first-order valence-electron chi connectivity index (χ1n) is 6.00. The van der Waals surface area contributed by atoms with E-state index in [1.54, 1.807) is 6.07 Å². The molecule has 0 aromatic heterocycles. The maximum absolute atomic E-state index is 11.3. The molecule has 0 spiro atoms. The lowest BCUT2D eigenvalue weighted by molar-refractivity contribution is -0.123. The Balaban J connectivity index is 2.22. The van der Waals surface area contributed by atoms with Gasteiger partial charge in [-0.2, -0.15) is 0 Å². The van der Waals surface area contributed by atoms with Crippen LogP contribution in [-0.4, -0.2) is 29.2 Å². The number of rotatable bonds is 6. The zero-order chi connectivity index (χ0) is 13.5. The molecule has 0 aliphatic heterocycles. The Labute approximate surface area is 107 Å². The largest absolute Gasteiger partial charge is 0.504 e. The molecule has 0 bridgehead atoms. The molecule has 100 valence electrons. The number of amides is 1. The smallest absolute Gasteiger partial charge is 0.222 e. The molecule has 0 atom stereocenters. The van der Waals surface area contributed by atoms with Crippen LogP contribution < -0.4 is 10.6 Å². The Morgan fingerprint density at radius 1 is 1.22 bits per heavy atom. The van der Waals surface area contributed by atoms with Crippen molar-refractivity contribution in [2.24, 2.45) is 5.92 Å². The zero-order valence-corrected chi connectivity index (χ0v) is 10.7. The number of hydrogen-bond acceptors (Lipinski definition) is 4. The Bertz CT molecular complexity index is 405. The topological polar surface area (TPSA) is 81.6 Å². The summed E-state index contributed by atoms with van der Waals surface area (Å²) in [6, 6.07) is 4.69. The number of hydrogen-bond donors (Lipinski definition) is 4. The van der Waals surface area contributed by atoms with Crippen LogP contribution in [0.25, 0.3) is 0 Å². The third-order valence-electron chi connectivity index (χ3n) is 2.49. The molecule has 4 N–H and O–H groups in total. The van der Waals surface area contributed by atoms with Gasteiger partial charge in [0.25, 0.3) is 0 Å². The monoisotopic (exact) mass is 252 g/mol. The average Bonchev–Trinajstić information content (AvgIpc) is 2.32. The molecule has 0 saturated carbocycles. The summed E-state index contributed by atoms with van der Waals surface area (Å²) in [7, 11) is 0. The van der Waals surface area contributed by atoms with E-state index in [-0.39, 0.29) is 23.3 Å². The third kappa shape index (κ3) is 4.63. The molecule has 1 rings (SSSR count). The van der Waals surface area contributed by atoms with Crippen molar-refractivity contribution in [3.63, 3.8) is 0 Å². The summed E-state index contributed by atoms with van der Waals surface area (Å²) in [6.07, 6.45) is 0. The summed E-state index contributed by atoms with van der Waals surface area (Å²) >= 11 is 0. The van der Waals surface area contributed by atoms with Crippen LogP contribution in [0.15, 0.2) is 18.2 Å². The highest BCUT2D eigenvalue weighted by Crippen LogP contribution is 2.24. The SMILES string of the molecule is CC(C)C(=O)NCCNCc1ccc(O)c(O)c1. The van der Waals surface area contributed by atoms with E-state index in [9.17, 15) is 9.90 Å². The van der Waals surface area contributed by atoms with Gasteiger partial charge in [0.05, 0.1) is 0 Å². The van der Waals surface area contributed by atoms with Crippen molar-refractivity contribution < 1.29 is 15.0 Å². The Morgan fingerprint density at radius 3 is 2.56 bits per heavy atom. The summed E-state index contributed by atoms with van der Waals surface area (Å²) in [4.78, 5) is 11.3. The van der Waals surface area contributed by atoms with Crippen LogP contribution >= 0.6 is 0 Å². The van der Waals surface area contributed by atoms with Gasteiger partial charge in [-0.1, -0.05) is 19.9 Å². The number of benzene rings is 1. The van der Waals surface area contributed by atoms with Crippen LogP contribution in [0.4, 0.5) is 0 Å². The van der Waals surface area contributed by atoms with Gasteiger partial charge in [-0.15, -0.1) is 0 Å². The van der Waals surface area contributed by atoms with Crippen molar-refractivity contribution in [3.05, 3.63) is 23.8 Å². The predicted molar refractivity (Wildman–Crippen MR) is 69.3 cm³/mol. The molecule has 0 heterocycles. The summed E-state index contributed by atoms with van der Waals surface area (Å²) in [5, 5.41) is 24.4. The number of carbonyl (C=O) groups is 1. The minimum atomic E-state index is -0.123. The fraction of sp³-hybridized carbons (Fsp3) is 0.462. The van der Waals surface area contributed by atoms with Crippen LogP contribution in [0, 0.1) is 5.92 Å². The first kappa shape index (κ1) is 14.3. The van der Waals surface area contributed by atoms with Gasteiger partial charge < -0.3 is 20.8 Å². The van der Waals surface area contributed by atoms with Gasteiger partial charge in [-0.25, -0.2) is 0 Å². The normalized spacial score (nSPS) is 10.6. The second-order valence-electron chi connectivity index (χ2n) is 4.45. The van der Waals surface area contributed by atoms with E-state index in [0.29, 0.717) is 19.6 Å². The minimum Gasteiger partial charge on any atom is -0.504 e. The first-order valence-corrected chi connectivity index (χ1v) is 6.00. The zero-order valence-electron chi connectivity index (χ0n) is 10.7. The van der Waals surface area contributed by atoms with E-state index in [1.165, 1.54) is 12.1 Å². The summed E-state index contributed by atoms with van der Waals surface area (Å²) < 4.78 is 0. The molecule has 0 aliphatic carbocycles. The lowest BCUT2D eigenvalue weighted by Gasteiger charge is -2.09. The van der Waals surface area contributed by atoms with E-state index >= 15 is 0 Å². The summed E-state index contributed by atoms with van der Waals surface area (Å²) in [5.41, 5.74) is 0.875. The van der Waals surface area contributed by atoms with Crippen molar-refractivity contribution in [2.75, 3.05) is 13.1 Å². The maximum atomic E-state index is 11.3. The highest BCUT2D eigenvalue weighted by Gasteiger charge is 2.04. The van der Waals surface area contributed by atoms with Crippen LogP contribution in [0.3, 0.4) is 0 Å². The molecule has 0 aliphatic rings. The summed E-state index contributed by atoms with van der Waals surface area (Å²) in [6.45, 7) is 5.50. The van der Waals surface area contributed by atoms with E-state index < -0.39 is 0 Å². The molecule has 0 unspecified atom stereocenters. The van der Waals surface area contributed by atoms with Gasteiger partial charge in [-0.05, 0) is 17.7 Å². The quantitative estimate of drug-likeness (QED) is 0.449. The lowest BCUT2D eigenvalue weighted by atomic mass is 10.2. The summed E-state index contributed by atoms with van der Waals surface area (Å²) in [5.74, 6) is -0.205. The second-order valence-corrected chi connectivity index (χ2v) is 4.45. The predicted octanol–water partition coefficient (Wildman–Crippen LogP) is 0.960. The van der Waals surface area contributed by atoms with Crippen molar-refractivity contribution in [3.8, 4) is 11.5 Å². The van der Waals surface area contributed by atoms with E-state index in [2.05, 4.69) is 10.6 Å². The number of aromatic hydroxyl groups is 2. The van der Waals surface area contributed by atoms with Crippen molar-refractivity contribution in [2.45, 2.75) is 20.4 Å². The molecular weight excluding hydrogens is 232 g/mol. The molecule has 5 heteroatoms. The molecule has 5 nitrogen and oxygen atoms in total. The van der Waals surface area contributed by atoms with E-state index in [1.807, 2.05) is 13.8 Å². The Hall–Kier alpha value is -1.75. The van der Waals surface area contributed by atoms with Crippen LogP contribution in [0.2, 0.25) is 0 Å². The van der Waals surface area contributed by atoms with Crippen LogP contribution in [0.1, 0.15) is 19.4 Å².